The second-order valence-electron chi connectivity index (χ2n) is 7.75. The lowest BCUT2D eigenvalue weighted by Gasteiger charge is -2.49. The van der Waals surface area contributed by atoms with E-state index < -0.39 is 34.7 Å². The maximum atomic E-state index is 13.6. The molecule has 0 aromatic heterocycles. The number of oxime groups is 1. The van der Waals surface area contributed by atoms with Crippen molar-refractivity contribution >= 4 is 35.3 Å². The first kappa shape index (κ1) is 21.9. The monoisotopic (exact) mass is 454 g/mol. The van der Waals surface area contributed by atoms with E-state index in [0.29, 0.717) is 0 Å². The Morgan fingerprint density at radius 2 is 1.75 bits per heavy atom. The minimum atomic E-state index is -1.24. The quantitative estimate of drug-likeness (QED) is 0.310. The van der Waals surface area contributed by atoms with Crippen LogP contribution in [-0.4, -0.2) is 57.9 Å². The topological polar surface area (TPSA) is 106 Å². The van der Waals surface area contributed by atoms with Crippen LogP contribution in [0.15, 0.2) is 65.8 Å². The first-order valence-electron chi connectivity index (χ1n) is 10.0. The molecule has 1 N–H and O–H groups in total. The molecule has 1 unspecified atom stereocenters. The Bertz CT molecular complexity index is 1010. The molecule has 9 heteroatoms. The normalized spacial score (nSPS) is 23.4. The van der Waals surface area contributed by atoms with Crippen molar-refractivity contribution in [2.45, 2.75) is 18.4 Å². The van der Waals surface area contributed by atoms with Gasteiger partial charge in [-0.05, 0) is 11.1 Å². The molecule has 2 aliphatic rings. The van der Waals surface area contributed by atoms with Gasteiger partial charge in [-0.15, -0.1) is 11.8 Å². The molecule has 2 aromatic carbocycles. The van der Waals surface area contributed by atoms with Gasteiger partial charge in [-0.25, -0.2) is 0 Å². The Morgan fingerprint density at radius 3 is 2.28 bits per heavy atom. The highest BCUT2D eigenvalue weighted by Crippen LogP contribution is 2.42. The Balaban J connectivity index is 1.63. The summed E-state index contributed by atoms with van der Waals surface area (Å²) in [5.41, 5.74) is 0.401. The molecule has 0 radical (unpaired) electrons. The number of ether oxygens (including phenoxy) is 2. The first-order valence-corrected chi connectivity index (χ1v) is 11.1. The average Bonchev–Trinajstić information content (AvgIpc) is 2.82. The second kappa shape index (κ2) is 9.04. The van der Waals surface area contributed by atoms with Crippen molar-refractivity contribution in [3.8, 4) is 0 Å². The molecule has 8 nitrogen and oxygen atoms in total. The molecule has 4 rings (SSSR count). The lowest BCUT2D eigenvalue weighted by atomic mass is 9.88. The number of β-lactam (4-membered cyclic amide) rings is 1. The number of fused-ring (bicyclic) bond motifs is 1. The van der Waals surface area contributed by atoms with E-state index in [0.717, 1.165) is 11.1 Å². The zero-order valence-electron chi connectivity index (χ0n) is 17.3. The summed E-state index contributed by atoms with van der Waals surface area (Å²) in [5.74, 6) is -1.31. The van der Waals surface area contributed by atoms with Crippen molar-refractivity contribution in [3.63, 3.8) is 0 Å². The summed E-state index contributed by atoms with van der Waals surface area (Å²) in [7, 11) is 0. The maximum absolute atomic E-state index is 13.6. The number of nitrogens with zero attached hydrogens (tertiary/aromatic N) is 2. The third kappa shape index (κ3) is 4.08. The zero-order chi connectivity index (χ0) is 22.7. The van der Waals surface area contributed by atoms with E-state index in [1.54, 1.807) is 0 Å². The molecule has 2 fully saturated rings. The molecule has 0 spiro atoms. The highest BCUT2D eigenvalue weighted by atomic mass is 32.2. The van der Waals surface area contributed by atoms with Crippen molar-refractivity contribution < 1.29 is 29.1 Å². The fraction of sp³-hybridized carbons (Fsp3) is 0.304. The number of carbonyl (C=O) groups is 3. The van der Waals surface area contributed by atoms with Crippen LogP contribution in [0.5, 0.6) is 0 Å². The molecule has 2 aliphatic heterocycles. The predicted octanol–water partition coefficient (Wildman–Crippen LogP) is 2.61. The molecule has 1 amide bonds. The Morgan fingerprint density at radius 1 is 1.16 bits per heavy atom. The molecule has 2 atom stereocenters. The maximum Gasteiger partial charge on any atom is 0.319 e. The van der Waals surface area contributed by atoms with Crippen LogP contribution in [0.2, 0.25) is 0 Å². The largest absolute Gasteiger partial charge is 0.465 e. The van der Waals surface area contributed by atoms with Crippen LogP contribution in [0.25, 0.3) is 0 Å². The van der Waals surface area contributed by atoms with Gasteiger partial charge < -0.3 is 19.6 Å². The van der Waals surface area contributed by atoms with Gasteiger partial charge in [-0.3, -0.25) is 14.4 Å². The van der Waals surface area contributed by atoms with E-state index in [-0.39, 0.29) is 24.6 Å². The van der Waals surface area contributed by atoms with Crippen LogP contribution in [0.1, 0.15) is 24.2 Å². The molecule has 2 saturated heterocycles. The standard InChI is InChI=1S/C23H22N2O6S/c1-15(26)30-13-23(12-25-20(27)18(24-29)21(25)32-14-23)22(28)31-19(16-8-4-2-5-9-16)17-10-6-3-7-11-17/h2-11,19,21,29H,12-14H2,1H3/t21-,23?/m1/s1. The van der Waals surface area contributed by atoms with Gasteiger partial charge in [-0.1, -0.05) is 65.8 Å². The predicted molar refractivity (Wildman–Crippen MR) is 117 cm³/mol. The van der Waals surface area contributed by atoms with E-state index >= 15 is 0 Å². The summed E-state index contributed by atoms with van der Waals surface area (Å²) in [6.07, 6.45) is -0.663. The first-order chi connectivity index (χ1) is 15.4. The summed E-state index contributed by atoms with van der Waals surface area (Å²) < 4.78 is 11.3. The fourth-order valence-corrected chi connectivity index (χ4v) is 5.22. The van der Waals surface area contributed by atoms with Gasteiger partial charge in [0.1, 0.15) is 17.4 Å². The van der Waals surface area contributed by atoms with E-state index in [4.69, 9.17) is 14.7 Å². The van der Waals surface area contributed by atoms with Gasteiger partial charge in [0.2, 0.25) is 0 Å². The molecule has 166 valence electrons. The fourth-order valence-electron chi connectivity index (χ4n) is 3.79. The minimum Gasteiger partial charge on any atom is -0.465 e. The average molecular weight is 455 g/mol. The van der Waals surface area contributed by atoms with E-state index in [9.17, 15) is 14.4 Å². The number of rotatable bonds is 6. The van der Waals surface area contributed by atoms with Gasteiger partial charge in [0.05, 0.1) is 0 Å². The van der Waals surface area contributed by atoms with Gasteiger partial charge in [0, 0.05) is 19.2 Å². The SMILES string of the molecule is CC(=O)OCC1(C(=O)OC(c2ccccc2)c2ccccc2)CS[C@@H]2C(=NO)C(=O)N2C1. The van der Waals surface area contributed by atoms with Crippen LogP contribution in [0.4, 0.5) is 0 Å². The van der Waals surface area contributed by atoms with Gasteiger partial charge in [0.15, 0.2) is 11.8 Å². The van der Waals surface area contributed by atoms with Crippen molar-refractivity contribution in [2.24, 2.45) is 10.6 Å². The summed E-state index contributed by atoms with van der Waals surface area (Å²) in [6, 6.07) is 18.7. The van der Waals surface area contributed by atoms with Crippen LogP contribution >= 0.6 is 11.8 Å². The molecular formula is C23H22N2O6S. The van der Waals surface area contributed by atoms with Crippen LogP contribution in [0.3, 0.4) is 0 Å². The molecule has 0 aliphatic carbocycles. The minimum absolute atomic E-state index is 0.00489. The summed E-state index contributed by atoms with van der Waals surface area (Å²) in [6.45, 7) is 1.05. The van der Waals surface area contributed by atoms with E-state index in [1.165, 1.54) is 23.6 Å². The number of thioether (sulfide) groups is 1. The van der Waals surface area contributed by atoms with Crippen LogP contribution in [-0.2, 0) is 23.9 Å². The van der Waals surface area contributed by atoms with Crippen LogP contribution < -0.4 is 0 Å². The third-order valence-corrected chi connectivity index (χ3v) is 7.02. The smallest absolute Gasteiger partial charge is 0.319 e. The summed E-state index contributed by atoms with van der Waals surface area (Å²) in [5, 5.41) is 11.7. The number of benzene rings is 2. The Kier molecular flexibility index (Phi) is 6.18. The van der Waals surface area contributed by atoms with Crippen molar-refractivity contribution in [1.29, 1.82) is 0 Å². The highest BCUT2D eigenvalue weighted by molar-refractivity contribution is 8.01. The number of esters is 2. The van der Waals surface area contributed by atoms with Gasteiger partial charge in [-0.2, -0.15) is 0 Å². The Labute approximate surface area is 189 Å². The number of hydrogen-bond donors (Lipinski definition) is 1. The third-order valence-electron chi connectivity index (χ3n) is 5.51. The molecule has 2 heterocycles. The molecule has 0 bridgehead atoms. The Hall–Kier alpha value is -3.33. The molecule has 0 saturated carbocycles. The van der Waals surface area contributed by atoms with Crippen molar-refractivity contribution in [3.05, 3.63) is 71.8 Å². The van der Waals surface area contributed by atoms with Gasteiger partial charge in [0.25, 0.3) is 5.91 Å². The molecular weight excluding hydrogens is 432 g/mol. The summed E-state index contributed by atoms with van der Waals surface area (Å²) in [4.78, 5) is 38.8. The highest BCUT2D eigenvalue weighted by Gasteiger charge is 2.57. The number of carbonyl (C=O) groups excluding carboxylic acids is 3. The zero-order valence-corrected chi connectivity index (χ0v) is 18.2. The summed E-state index contributed by atoms with van der Waals surface area (Å²) >= 11 is 1.28. The van der Waals surface area contributed by atoms with Crippen molar-refractivity contribution in [1.82, 2.24) is 4.90 Å². The van der Waals surface area contributed by atoms with Crippen molar-refractivity contribution in [2.75, 3.05) is 18.9 Å². The number of hydrogen-bond acceptors (Lipinski definition) is 8. The lowest BCUT2D eigenvalue weighted by molar-refractivity contribution is -0.167. The second-order valence-corrected chi connectivity index (χ2v) is 8.82. The van der Waals surface area contributed by atoms with E-state index in [1.807, 2.05) is 60.7 Å². The van der Waals surface area contributed by atoms with Crippen LogP contribution in [0, 0.1) is 5.41 Å². The molecule has 2 aromatic rings. The lowest BCUT2D eigenvalue weighted by Crippen LogP contribution is -2.68. The molecule has 32 heavy (non-hydrogen) atoms. The van der Waals surface area contributed by atoms with E-state index in [2.05, 4.69) is 5.16 Å². The number of amides is 1. The van der Waals surface area contributed by atoms with Gasteiger partial charge >= 0.3 is 11.9 Å².